The summed E-state index contributed by atoms with van der Waals surface area (Å²) in [5.74, 6) is -0.569. The minimum absolute atomic E-state index is 0.166. The Hall–Kier alpha value is -1.69. The van der Waals surface area contributed by atoms with Gasteiger partial charge in [-0.25, -0.2) is 9.78 Å². The minimum atomic E-state index is -1.00. The Bertz CT molecular complexity index is 545. The predicted octanol–water partition coefficient (Wildman–Crippen LogP) is 2.76. The highest BCUT2D eigenvalue weighted by atomic mass is 32.1. The number of carboxylic acids is 1. The number of aromatic nitrogens is 2. The van der Waals surface area contributed by atoms with Crippen molar-refractivity contribution in [1.82, 2.24) is 10.1 Å². The summed E-state index contributed by atoms with van der Waals surface area (Å²) < 4.78 is 5.12. The molecule has 2 aromatic rings. The van der Waals surface area contributed by atoms with Gasteiger partial charge in [-0.15, -0.1) is 11.3 Å². The molecule has 1 N–H and O–H groups in total. The van der Waals surface area contributed by atoms with E-state index in [0.29, 0.717) is 17.9 Å². The van der Waals surface area contributed by atoms with Crippen molar-refractivity contribution in [1.29, 1.82) is 0 Å². The van der Waals surface area contributed by atoms with E-state index in [2.05, 4.69) is 10.1 Å². The zero-order valence-electron chi connectivity index (χ0n) is 9.56. The van der Waals surface area contributed by atoms with Gasteiger partial charge in [-0.2, -0.15) is 0 Å². The summed E-state index contributed by atoms with van der Waals surface area (Å²) in [6, 6.07) is 0. The predicted molar refractivity (Wildman–Crippen MR) is 63.3 cm³/mol. The third-order valence-corrected chi connectivity index (χ3v) is 3.35. The van der Waals surface area contributed by atoms with Crippen molar-refractivity contribution in [2.75, 3.05) is 0 Å². The van der Waals surface area contributed by atoms with Gasteiger partial charge in [0.1, 0.15) is 11.3 Å². The molecule has 0 aliphatic carbocycles. The zero-order valence-corrected chi connectivity index (χ0v) is 10.4. The number of rotatable bonds is 4. The average Bonchev–Trinajstić information content (AvgIpc) is 2.84. The topological polar surface area (TPSA) is 76.2 Å². The molecule has 0 aromatic carbocycles. The van der Waals surface area contributed by atoms with Crippen LogP contribution in [0.2, 0.25) is 0 Å². The second-order valence-electron chi connectivity index (χ2n) is 3.65. The zero-order chi connectivity index (χ0) is 12.4. The first-order valence-corrected chi connectivity index (χ1v) is 6.15. The van der Waals surface area contributed by atoms with Gasteiger partial charge in [-0.05, 0) is 13.3 Å². The smallest absolute Gasteiger partial charge is 0.341 e. The van der Waals surface area contributed by atoms with Crippen LogP contribution >= 0.6 is 11.3 Å². The molecule has 0 fully saturated rings. The van der Waals surface area contributed by atoms with Crippen LogP contribution in [0, 0.1) is 6.92 Å². The SMILES string of the molecule is CCCc1onc(-c2scnc2C)c1C(=O)O. The lowest BCUT2D eigenvalue weighted by Gasteiger charge is -1.96. The summed E-state index contributed by atoms with van der Waals surface area (Å²) >= 11 is 1.37. The van der Waals surface area contributed by atoms with E-state index < -0.39 is 5.97 Å². The van der Waals surface area contributed by atoms with Crippen LogP contribution in [0.1, 0.15) is 35.2 Å². The summed E-state index contributed by atoms with van der Waals surface area (Å²) in [4.78, 5) is 16.1. The highest BCUT2D eigenvalue weighted by Gasteiger charge is 2.24. The fourth-order valence-electron chi connectivity index (χ4n) is 1.63. The number of aryl methyl sites for hydroxylation is 2. The fourth-order valence-corrected chi connectivity index (χ4v) is 2.42. The first-order chi connectivity index (χ1) is 8.15. The molecule has 2 heterocycles. The Morgan fingerprint density at radius 2 is 2.35 bits per heavy atom. The maximum atomic E-state index is 11.3. The maximum Gasteiger partial charge on any atom is 0.341 e. The van der Waals surface area contributed by atoms with E-state index in [1.54, 1.807) is 5.51 Å². The van der Waals surface area contributed by atoms with Crippen LogP contribution in [0.4, 0.5) is 0 Å². The number of thiazole rings is 1. The number of nitrogens with zero attached hydrogens (tertiary/aromatic N) is 2. The van der Waals surface area contributed by atoms with Crippen LogP contribution < -0.4 is 0 Å². The van der Waals surface area contributed by atoms with E-state index in [1.165, 1.54) is 11.3 Å². The molecule has 0 atom stereocenters. The first kappa shape index (κ1) is 11.8. The normalized spacial score (nSPS) is 10.7. The van der Waals surface area contributed by atoms with Gasteiger partial charge in [-0.1, -0.05) is 12.1 Å². The Labute approximate surface area is 102 Å². The van der Waals surface area contributed by atoms with E-state index in [1.807, 2.05) is 13.8 Å². The second kappa shape index (κ2) is 4.67. The quantitative estimate of drug-likeness (QED) is 0.905. The van der Waals surface area contributed by atoms with Gasteiger partial charge in [0.15, 0.2) is 5.76 Å². The van der Waals surface area contributed by atoms with Gasteiger partial charge < -0.3 is 9.63 Å². The van der Waals surface area contributed by atoms with Gasteiger partial charge in [0.05, 0.1) is 16.1 Å². The molecule has 0 spiro atoms. The van der Waals surface area contributed by atoms with Gasteiger partial charge >= 0.3 is 5.97 Å². The molecular formula is C11H12N2O3S. The summed E-state index contributed by atoms with van der Waals surface area (Å²) in [6.45, 7) is 3.79. The molecular weight excluding hydrogens is 240 g/mol. The number of hydrogen-bond donors (Lipinski definition) is 1. The van der Waals surface area contributed by atoms with E-state index in [0.717, 1.165) is 17.0 Å². The van der Waals surface area contributed by atoms with Crippen LogP contribution in [0.3, 0.4) is 0 Å². The summed E-state index contributed by atoms with van der Waals surface area (Å²) in [6.07, 6.45) is 1.39. The standard InChI is InChI=1S/C11H12N2O3S/c1-3-4-7-8(11(14)15)9(13-16-7)10-6(2)12-5-17-10/h5H,3-4H2,1-2H3,(H,14,15). The van der Waals surface area contributed by atoms with Gasteiger partial charge in [0.25, 0.3) is 0 Å². The van der Waals surface area contributed by atoms with E-state index in [9.17, 15) is 9.90 Å². The van der Waals surface area contributed by atoms with Gasteiger partial charge in [0, 0.05) is 6.42 Å². The van der Waals surface area contributed by atoms with Gasteiger partial charge in [0.2, 0.25) is 0 Å². The number of hydrogen-bond acceptors (Lipinski definition) is 5. The molecule has 6 heteroatoms. The highest BCUT2D eigenvalue weighted by molar-refractivity contribution is 7.13. The van der Waals surface area contributed by atoms with Crippen molar-refractivity contribution in [3.05, 3.63) is 22.5 Å². The maximum absolute atomic E-state index is 11.3. The Balaban J connectivity index is 2.55. The van der Waals surface area contributed by atoms with Crippen LogP contribution in [0.15, 0.2) is 10.0 Å². The molecule has 0 aliphatic heterocycles. The molecule has 2 aromatic heterocycles. The number of carbonyl (C=O) groups is 1. The fraction of sp³-hybridized carbons (Fsp3) is 0.364. The molecule has 5 nitrogen and oxygen atoms in total. The largest absolute Gasteiger partial charge is 0.477 e. The molecule has 0 amide bonds. The molecule has 0 saturated carbocycles. The minimum Gasteiger partial charge on any atom is -0.477 e. The first-order valence-electron chi connectivity index (χ1n) is 5.27. The molecule has 0 bridgehead atoms. The van der Waals surface area contributed by atoms with Crippen molar-refractivity contribution in [3.63, 3.8) is 0 Å². The van der Waals surface area contributed by atoms with Crippen LogP contribution in [-0.2, 0) is 6.42 Å². The summed E-state index contributed by atoms with van der Waals surface area (Å²) in [7, 11) is 0. The molecule has 2 rings (SSSR count). The average molecular weight is 252 g/mol. The molecule has 0 aliphatic rings. The van der Waals surface area contributed by atoms with Crippen LogP contribution in [0.5, 0.6) is 0 Å². The molecule has 17 heavy (non-hydrogen) atoms. The molecule has 0 saturated heterocycles. The highest BCUT2D eigenvalue weighted by Crippen LogP contribution is 2.31. The Morgan fingerprint density at radius 3 is 2.88 bits per heavy atom. The lowest BCUT2D eigenvalue weighted by molar-refractivity contribution is 0.0695. The lowest BCUT2D eigenvalue weighted by Crippen LogP contribution is -2.01. The van der Waals surface area contributed by atoms with Crippen LogP contribution in [-0.4, -0.2) is 21.2 Å². The molecule has 0 radical (unpaired) electrons. The van der Waals surface area contributed by atoms with Crippen LogP contribution in [0.25, 0.3) is 10.6 Å². The molecule has 0 unspecified atom stereocenters. The summed E-state index contributed by atoms with van der Waals surface area (Å²) in [5, 5.41) is 13.1. The second-order valence-corrected chi connectivity index (χ2v) is 4.51. The van der Waals surface area contributed by atoms with E-state index >= 15 is 0 Å². The lowest BCUT2D eigenvalue weighted by atomic mass is 10.1. The number of aromatic carboxylic acids is 1. The monoisotopic (exact) mass is 252 g/mol. The van der Waals surface area contributed by atoms with Crippen molar-refractivity contribution < 1.29 is 14.4 Å². The Morgan fingerprint density at radius 1 is 1.59 bits per heavy atom. The van der Waals surface area contributed by atoms with Gasteiger partial charge in [-0.3, -0.25) is 0 Å². The van der Waals surface area contributed by atoms with E-state index in [4.69, 9.17) is 4.52 Å². The molecule has 90 valence electrons. The third kappa shape index (κ3) is 2.08. The number of carboxylic acid groups (broad SMARTS) is 1. The third-order valence-electron chi connectivity index (χ3n) is 2.41. The van der Waals surface area contributed by atoms with Crippen molar-refractivity contribution >= 4 is 17.3 Å². The Kier molecular flexibility index (Phi) is 3.23. The van der Waals surface area contributed by atoms with Crippen molar-refractivity contribution in [3.8, 4) is 10.6 Å². The van der Waals surface area contributed by atoms with E-state index in [-0.39, 0.29) is 5.56 Å². The summed E-state index contributed by atoms with van der Waals surface area (Å²) in [5.41, 5.74) is 3.00. The van der Waals surface area contributed by atoms with Crippen molar-refractivity contribution in [2.45, 2.75) is 26.7 Å². The van der Waals surface area contributed by atoms with Crippen molar-refractivity contribution in [2.24, 2.45) is 0 Å².